The predicted molar refractivity (Wildman–Crippen MR) is 126 cm³/mol. The van der Waals surface area contributed by atoms with E-state index >= 15 is 0 Å². The number of nitrogens with zero attached hydrogens (tertiary/aromatic N) is 3. The van der Waals surface area contributed by atoms with E-state index in [4.69, 9.17) is 4.42 Å². The van der Waals surface area contributed by atoms with Crippen LogP contribution in [0.25, 0.3) is 0 Å². The summed E-state index contributed by atoms with van der Waals surface area (Å²) < 4.78 is 5.71. The van der Waals surface area contributed by atoms with Gasteiger partial charge in [0.05, 0.1) is 6.54 Å². The fourth-order valence-electron chi connectivity index (χ4n) is 4.13. The van der Waals surface area contributed by atoms with Crippen molar-refractivity contribution in [2.24, 2.45) is 0 Å². The number of hydrogen-bond donors (Lipinski definition) is 0. The van der Waals surface area contributed by atoms with Crippen molar-refractivity contribution in [2.75, 3.05) is 13.1 Å². The van der Waals surface area contributed by atoms with Crippen LogP contribution in [0, 0.1) is 0 Å². The molecule has 1 fully saturated rings. The van der Waals surface area contributed by atoms with Gasteiger partial charge in [-0.3, -0.25) is 9.69 Å². The maximum Gasteiger partial charge on any atom is 0.275 e. The highest BCUT2D eigenvalue weighted by molar-refractivity contribution is 5.92. The van der Waals surface area contributed by atoms with Gasteiger partial charge in [-0.25, -0.2) is 4.98 Å². The topological polar surface area (TPSA) is 49.6 Å². The molecule has 1 aliphatic rings. The van der Waals surface area contributed by atoms with E-state index in [0.717, 1.165) is 39.0 Å². The van der Waals surface area contributed by atoms with Gasteiger partial charge in [0, 0.05) is 26.2 Å². The number of likely N-dealkylation sites (tertiary alicyclic amines) is 1. The second-order valence-corrected chi connectivity index (χ2v) is 9.70. The monoisotopic (exact) mass is 431 g/mol. The van der Waals surface area contributed by atoms with Gasteiger partial charge in [0.2, 0.25) is 5.89 Å². The summed E-state index contributed by atoms with van der Waals surface area (Å²) in [4.78, 5) is 21.3. The Morgan fingerprint density at radius 2 is 1.56 bits per heavy atom. The molecule has 0 unspecified atom stereocenters. The van der Waals surface area contributed by atoms with E-state index in [2.05, 4.69) is 79.2 Å². The van der Waals surface area contributed by atoms with Crippen molar-refractivity contribution >= 4 is 5.91 Å². The largest absolute Gasteiger partial charge is 0.447 e. The van der Waals surface area contributed by atoms with Crippen LogP contribution in [-0.4, -0.2) is 33.8 Å². The van der Waals surface area contributed by atoms with E-state index in [-0.39, 0.29) is 11.3 Å². The van der Waals surface area contributed by atoms with Crippen molar-refractivity contribution in [3.8, 4) is 0 Å². The number of rotatable bonds is 7. The SMILES string of the molecule is CC(C)(C)c1ccc(CN(Cc2ccccc2)Cc2nc(C(=O)N3CCCC3)co2)cc1. The standard InChI is InChI=1S/C27H33N3O2/c1-27(2,3)23-13-11-22(12-14-23)18-29(17-21-9-5-4-6-10-21)19-25-28-24(20-32-25)26(31)30-15-7-8-16-30/h4-6,9-14,20H,7-8,15-19H2,1-3H3. The zero-order valence-corrected chi connectivity index (χ0v) is 19.4. The molecule has 0 saturated carbocycles. The third kappa shape index (κ3) is 5.65. The van der Waals surface area contributed by atoms with Crippen LogP contribution in [0.4, 0.5) is 0 Å². The number of aromatic nitrogens is 1. The minimum absolute atomic E-state index is 0.0233. The van der Waals surface area contributed by atoms with E-state index in [9.17, 15) is 4.79 Å². The lowest BCUT2D eigenvalue weighted by Crippen LogP contribution is -2.28. The molecule has 0 N–H and O–H groups in total. The molecule has 5 heteroatoms. The Morgan fingerprint density at radius 3 is 2.19 bits per heavy atom. The van der Waals surface area contributed by atoms with Crippen molar-refractivity contribution < 1.29 is 9.21 Å². The molecule has 4 rings (SSSR count). The second-order valence-electron chi connectivity index (χ2n) is 9.70. The Bertz CT molecular complexity index is 1010. The molecule has 0 radical (unpaired) electrons. The molecule has 3 aromatic rings. The average Bonchev–Trinajstić information content (AvgIpc) is 3.46. The summed E-state index contributed by atoms with van der Waals surface area (Å²) in [5, 5.41) is 0. The number of amides is 1. The summed E-state index contributed by atoms with van der Waals surface area (Å²) in [6.07, 6.45) is 3.64. The highest BCUT2D eigenvalue weighted by Gasteiger charge is 2.23. The van der Waals surface area contributed by atoms with E-state index in [1.165, 1.54) is 23.0 Å². The Morgan fingerprint density at radius 1 is 0.938 bits per heavy atom. The van der Waals surface area contributed by atoms with Crippen LogP contribution in [-0.2, 0) is 25.0 Å². The summed E-state index contributed by atoms with van der Waals surface area (Å²) in [5.74, 6) is 0.555. The van der Waals surface area contributed by atoms with Crippen LogP contribution in [0.2, 0.25) is 0 Å². The van der Waals surface area contributed by atoms with Crippen molar-refractivity contribution in [2.45, 2.75) is 58.7 Å². The lowest BCUT2D eigenvalue weighted by molar-refractivity contribution is 0.0787. The van der Waals surface area contributed by atoms with Crippen molar-refractivity contribution in [1.29, 1.82) is 0 Å². The number of benzene rings is 2. The molecule has 0 spiro atoms. The first-order valence-corrected chi connectivity index (χ1v) is 11.5. The van der Waals surface area contributed by atoms with Gasteiger partial charge in [0.15, 0.2) is 5.69 Å². The first kappa shape index (κ1) is 22.3. The summed E-state index contributed by atoms with van der Waals surface area (Å²) >= 11 is 0. The molecular formula is C27H33N3O2. The maximum absolute atomic E-state index is 12.6. The fraction of sp³-hybridized carbons (Fsp3) is 0.407. The van der Waals surface area contributed by atoms with Crippen LogP contribution in [0.15, 0.2) is 65.3 Å². The molecule has 1 saturated heterocycles. The summed E-state index contributed by atoms with van der Waals surface area (Å²) in [6.45, 7) is 10.4. The Hall–Kier alpha value is -2.92. The van der Waals surface area contributed by atoms with Gasteiger partial charge in [0.1, 0.15) is 6.26 Å². The number of carbonyl (C=O) groups excluding carboxylic acids is 1. The molecule has 0 aliphatic carbocycles. The highest BCUT2D eigenvalue weighted by Crippen LogP contribution is 2.23. The molecule has 2 aromatic carbocycles. The molecule has 32 heavy (non-hydrogen) atoms. The van der Waals surface area contributed by atoms with Gasteiger partial charge in [-0.05, 0) is 34.9 Å². The van der Waals surface area contributed by atoms with E-state index in [1.54, 1.807) is 0 Å². The minimum atomic E-state index is -0.0233. The molecule has 5 nitrogen and oxygen atoms in total. The quantitative estimate of drug-likeness (QED) is 0.502. The van der Waals surface area contributed by atoms with Gasteiger partial charge >= 0.3 is 0 Å². The van der Waals surface area contributed by atoms with Crippen molar-refractivity contribution in [3.05, 3.63) is 89.1 Å². The Kier molecular flexibility index (Phi) is 6.75. The Labute approximate surface area is 191 Å². The van der Waals surface area contributed by atoms with Crippen molar-refractivity contribution in [1.82, 2.24) is 14.8 Å². The number of hydrogen-bond acceptors (Lipinski definition) is 4. The molecular weight excluding hydrogens is 398 g/mol. The zero-order chi connectivity index (χ0) is 22.6. The molecule has 1 aromatic heterocycles. The molecule has 1 amide bonds. The maximum atomic E-state index is 12.6. The van der Waals surface area contributed by atoms with E-state index in [0.29, 0.717) is 18.1 Å². The van der Waals surface area contributed by atoms with Crippen LogP contribution in [0.3, 0.4) is 0 Å². The molecule has 0 bridgehead atoms. The first-order valence-electron chi connectivity index (χ1n) is 11.5. The third-order valence-corrected chi connectivity index (χ3v) is 6.00. The number of carbonyl (C=O) groups is 1. The van der Waals surface area contributed by atoms with Crippen molar-refractivity contribution in [3.63, 3.8) is 0 Å². The molecule has 1 aliphatic heterocycles. The molecule has 0 atom stereocenters. The van der Waals surface area contributed by atoms with Crippen LogP contribution < -0.4 is 0 Å². The lowest BCUT2D eigenvalue weighted by atomic mass is 9.87. The summed E-state index contributed by atoms with van der Waals surface area (Å²) in [6, 6.07) is 19.3. The van der Waals surface area contributed by atoms with Gasteiger partial charge in [-0.1, -0.05) is 75.4 Å². The Balaban J connectivity index is 1.49. The molecule has 168 valence electrons. The van der Waals surface area contributed by atoms with E-state index in [1.807, 2.05) is 11.0 Å². The minimum Gasteiger partial charge on any atom is -0.447 e. The predicted octanol–water partition coefficient (Wildman–Crippen LogP) is 5.41. The van der Waals surface area contributed by atoms with Gasteiger partial charge in [-0.15, -0.1) is 0 Å². The first-order chi connectivity index (χ1) is 15.4. The highest BCUT2D eigenvalue weighted by atomic mass is 16.3. The second kappa shape index (κ2) is 9.70. The van der Waals surface area contributed by atoms with Gasteiger partial charge in [-0.2, -0.15) is 0 Å². The average molecular weight is 432 g/mol. The zero-order valence-electron chi connectivity index (χ0n) is 19.4. The van der Waals surface area contributed by atoms with Gasteiger partial charge in [0.25, 0.3) is 5.91 Å². The van der Waals surface area contributed by atoms with Crippen LogP contribution in [0.5, 0.6) is 0 Å². The summed E-state index contributed by atoms with van der Waals surface area (Å²) in [7, 11) is 0. The smallest absolute Gasteiger partial charge is 0.275 e. The lowest BCUT2D eigenvalue weighted by Gasteiger charge is -2.23. The summed E-state index contributed by atoms with van der Waals surface area (Å²) in [5.41, 5.74) is 4.36. The van der Waals surface area contributed by atoms with Crippen LogP contribution >= 0.6 is 0 Å². The fourth-order valence-corrected chi connectivity index (χ4v) is 4.13. The van der Waals surface area contributed by atoms with E-state index < -0.39 is 0 Å². The normalized spacial score (nSPS) is 14.3. The van der Waals surface area contributed by atoms with Crippen LogP contribution in [0.1, 0.15) is 66.7 Å². The molecule has 2 heterocycles. The number of oxazole rings is 1. The third-order valence-electron chi connectivity index (χ3n) is 6.00. The van der Waals surface area contributed by atoms with Gasteiger partial charge < -0.3 is 9.32 Å².